The average Bonchev–Trinajstić information content (AvgIpc) is 3.11. The average molecular weight is 321 g/mol. The molecule has 0 saturated carbocycles. The highest BCUT2D eigenvalue weighted by atomic mass is 15.0. The number of fused-ring (bicyclic) bond motifs is 1. The van der Waals surface area contributed by atoms with Gasteiger partial charge in [0.25, 0.3) is 0 Å². The molecule has 3 aromatic carbocycles. The molecule has 0 radical (unpaired) electrons. The molecule has 0 atom stereocenters. The maximum absolute atomic E-state index is 8.89. The van der Waals surface area contributed by atoms with Crippen LogP contribution in [0.1, 0.15) is 16.7 Å². The van der Waals surface area contributed by atoms with E-state index in [0.29, 0.717) is 5.56 Å². The van der Waals surface area contributed by atoms with E-state index < -0.39 is 0 Å². The second kappa shape index (κ2) is 6.46. The lowest BCUT2D eigenvalue weighted by Gasteiger charge is -2.08. The van der Waals surface area contributed by atoms with E-state index >= 15 is 0 Å². The minimum Gasteiger partial charge on any atom is -0.298 e. The topological polar surface area (TPSA) is 41.6 Å². The van der Waals surface area contributed by atoms with Crippen molar-refractivity contribution in [2.75, 3.05) is 0 Å². The molecule has 0 fully saturated rings. The van der Waals surface area contributed by atoms with Crippen LogP contribution in [0, 0.1) is 11.3 Å². The van der Waals surface area contributed by atoms with Crippen molar-refractivity contribution >= 4 is 23.2 Å². The molecule has 118 valence electrons. The number of hydrogen-bond acceptors (Lipinski definition) is 2. The van der Waals surface area contributed by atoms with Gasteiger partial charge in [-0.2, -0.15) is 5.26 Å². The number of aromatic nitrogens is 2. The molecule has 0 N–H and O–H groups in total. The van der Waals surface area contributed by atoms with Crippen LogP contribution in [0.5, 0.6) is 0 Å². The van der Waals surface area contributed by atoms with Crippen LogP contribution in [0.15, 0.2) is 79.1 Å². The second-order valence-corrected chi connectivity index (χ2v) is 5.73. The van der Waals surface area contributed by atoms with E-state index in [9.17, 15) is 0 Å². The van der Waals surface area contributed by atoms with Gasteiger partial charge in [0.05, 0.1) is 28.4 Å². The SMILES string of the molecule is N#Cc1ccc(/C=C/c2ccccc2-n2cnc3ccccc32)cc1. The Labute approximate surface area is 146 Å². The smallest absolute Gasteiger partial charge is 0.100 e. The van der Waals surface area contributed by atoms with Crippen LogP contribution in [-0.4, -0.2) is 9.55 Å². The zero-order chi connectivity index (χ0) is 17.1. The van der Waals surface area contributed by atoms with E-state index in [4.69, 9.17) is 5.26 Å². The first-order valence-electron chi connectivity index (χ1n) is 8.05. The molecule has 4 rings (SSSR count). The molecule has 0 aliphatic rings. The Hall–Kier alpha value is -3.64. The second-order valence-electron chi connectivity index (χ2n) is 5.73. The highest BCUT2D eigenvalue weighted by Gasteiger charge is 2.06. The van der Waals surface area contributed by atoms with Crippen LogP contribution in [0.4, 0.5) is 0 Å². The van der Waals surface area contributed by atoms with E-state index in [1.165, 1.54) is 0 Å². The Kier molecular flexibility index (Phi) is 3.86. The summed E-state index contributed by atoms with van der Waals surface area (Å²) in [5.41, 5.74) is 5.98. The van der Waals surface area contributed by atoms with Crippen molar-refractivity contribution in [2.45, 2.75) is 0 Å². The first-order valence-corrected chi connectivity index (χ1v) is 8.05. The van der Waals surface area contributed by atoms with Crippen LogP contribution in [0.25, 0.3) is 28.9 Å². The molecular weight excluding hydrogens is 306 g/mol. The Bertz CT molecular complexity index is 1100. The highest BCUT2D eigenvalue weighted by Crippen LogP contribution is 2.22. The van der Waals surface area contributed by atoms with Crippen molar-refractivity contribution in [3.8, 4) is 11.8 Å². The summed E-state index contributed by atoms with van der Waals surface area (Å²) in [6.07, 6.45) is 6.00. The summed E-state index contributed by atoms with van der Waals surface area (Å²) in [5.74, 6) is 0. The van der Waals surface area contributed by atoms with E-state index in [2.05, 4.69) is 46.0 Å². The van der Waals surface area contributed by atoms with Gasteiger partial charge in [-0.3, -0.25) is 4.57 Å². The summed E-state index contributed by atoms with van der Waals surface area (Å²) in [4.78, 5) is 4.48. The zero-order valence-electron chi connectivity index (χ0n) is 13.5. The minimum absolute atomic E-state index is 0.669. The first kappa shape index (κ1) is 14.9. The van der Waals surface area contributed by atoms with Gasteiger partial charge in [-0.05, 0) is 41.5 Å². The minimum atomic E-state index is 0.669. The molecule has 3 heteroatoms. The molecule has 4 aromatic rings. The fourth-order valence-corrected chi connectivity index (χ4v) is 2.85. The van der Waals surface area contributed by atoms with Crippen LogP contribution < -0.4 is 0 Å². The molecule has 0 bridgehead atoms. The van der Waals surface area contributed by atoms with Gasteiger partial charge in [-0.1, -0.05) is 54.6 Å². The van der Waals surface area contributed by atoms with Crippen LogP contribution in [0.3, 0.4) is 0 Å². The van der Waals surface area contributed by atoms with Gasteiger partial charge in [-0.25, -0.2) is 4.98 Å². The van der Waals surface area contributed by atoms with Crippen LogP contribution >= 0.6 is 0 Å². The fraction of sp³-hybridized carbons (Fsp3) is 0. The molecule has 3 nitrogen and oxygen atoms in total. The molecular formula is C22H15N3. The van der Waals surface area contributed by atoms with Gasteiger partial charge in [-0.15, -0.1) is 0 Å². The van der Waals surface area contributed by atoms with Crippen molar-refractivity contribution < 1.29 is 0 Å². The first-order chi connectivity index (χ1) is 12.3. The van der Waals surface area contributed by atoms with E-state index in [0.717, 1.165) is 27.8 Å². The van der Waals surface area contributed by atoms with E-state index in [1.807, 2.05) is 60.9 Å². The van der Waals surface area contributed by atoms with Crippen molar-refractivity contribution in [2.24, 2.45) is 0 Å². The Morgan fingerprint density at radius 3 is 2.44 bits per heavy atom. The number of para-hydroxylation sites is 3. The molecule has 25 heavy (non-hydrogen) atoms. The number of benzene rings is 3. The third-order valence-electron chi connectivity index (χ3n) is 4.14. The largest absolute Gasteiger partial charge is 0.298 e. The van der Waals surface area contributed by atoms with Crippen LogP contribution in [-0.2, 0) is 0 Å². The van der Waals surface area contributed by atoms with E-state index in [1.54, 1.807) is 0 Å². The van der Waals surface area contributed by atoms with E-state index in [-0.39, 0.29) is 0 Å². The summed E-state index contributed by atoms with van der Waals surface area (Å²) in [6, 6.07) is 26.0. The van der Waals surface area contributed by atoms with Crippen molar-refractivity contribution in [3.63, 3.8) is 0 Å². The fourth-order valence-electron chi connectivity index (χ4n) is 2.85. The molecule has 0 amide bonds. The summed E-state index contributed by atoms with van der Waals surface area (Å²) < 4.78 is 2.10. The third-order valence-corrected chi connectivity index (χ3v) is 4.14. The van der Waals surface area contributed by atoms with Crippen LogP contribution in [0.2, 0.25) is 0 Å². The lowest BCUT2D eigenvalue weighted by molar-refractivity contribution is 1.09. The van der Waals surface area contributed by atoms with Gasteiger partial charge >= 0.3 is 0 Å². The maximum atomic E-state index is 8.89. The van der Waals surface area contributed by atoms with Crippen molar-refractivity contribution in [1.29, 1.82) is 5.26 Å². The van der Waals surface area contributed by atoms with Gasteiger partial charge in [0.2, 0.25) is 0 Å². The molecule has 1 heterocycles. The summed E-state index contributed by atoms with van der Waals surface area (Å²) >= 11 is 0. The van der Waals surface area contributed by atoms with Gasteiger partial charge < -0.3 is 0 Å². The molecule has 0 unspecified atom stereocenters. The molecule has 0 saturated heterocycles. The van der Waals surface area contributed by atoms with Gasteiger partial charge in [0.1, 0.15) is 6.33 Å². The summed E-state index contributed by atoms with van der Waals surface area (Å²) in [7, 11) is 0. The zero-order valence-corrected chi connectivity index (χ0v) is 13.5. The monoisotopic (exact) mass is 321 g/mol. The number of imidazole rings is 1. The molecule has 0 aliphatic carbocycles. The summed E-state index contributed by atoms with van der Waals surface area (Å²) in [6.45, 7) is 0. The third kappa shape index (κ3) is 2.93. The number of hydrogen-bond donors (Lipinski definition) is 0. The van der Waals surface area contributed by atoms with Crippen molar-refractivity contribution in [3.05, 3.63) is 95.8 Å². The lowest BCUT2D eigenvalue weighted by Crippen LogP contribution is -1.94. The number of rotatable bonds is 3. The molecule has 1 aromatic heterocycles. The van der Waals surface area contributed by atoms with Gasteiger partial charge in [0, 0.05) is 0 Å². The Morgan fingerprint density at radius 2 is 1.60 bits per heavy atom. The predicted octanol–water partition coefficient (Wildman–Crippen LogP) is 5.07. The van der Waals surface area contributed by atoms with Crippen molar-refractivity contribution in [1.82, 2.24) is 9.55 Å². The Morgan fingerprint density at radius 1 is 0.840 bits per heavy atom. The number of nitrogens with zero attached hydrogens (tertiary/aromatic N) is 3. The predicted molar refractivity (Wildman–Crippen MR) is 101 cm³/mol. The number of nitriles is 1. The normalized spacial score (nSPS) is 11.0. The molecule has 0 spiro atoms. The standard InChI is InChI=1S/C22H15N3/c23-15-18-11-9-17(10-12-18)13-14-19-5-1-3-7-21(19)25-16-24-20-6-2-4-8-22(20)25/h1-14,16H/b14-13+. The Balaban J connectivity index is 1.74. The highest BCUT2D eigenvalue weighted by molar-refractivity contribution is 5.80. The summed E-state index contributed by atoms with van der Waals surface area (Å²) in [5, 5.41) is 8.89. The molecule has 0 aliphatic heterocycles. The maximum Gasteiger partial charge on any atom is 0.100 e. The quantitative estimate of drug-likeness (QED) is 0.494. The lowest BCUT2D eigenvalue weighted by atomic mass is 10.1. The van der Waals surface area contributed by atoms with Gasteiger partial charge in [0.15, 0.2) is 0 Å².